The largest absolute Gasteiger partial charge is 0.463 e. The van der Waals surface area contributed by atoms with Crippen LogP contribution in [0, 0.1) is 0 Å². The van der Waals surface area contributed by atoms with Gasteiger partial charge in [-0.25, -0.2) is 0 Å². The Balaban J connectivity index is 1.59. The summed E-state index contributed by atoms with van der Waals surface area (Å²) in [7, 11) is 0. The van der Waals surface area contributed by atoms with E-state index in [1.165, 1.54) is 27.7 Å². The predicted octanol–water partition coefficient (Wildman–Crippen LogP) is 1.20. The van der Waals surface area contributed by atoms with Crippen molar-refractivity contribution in [1.29, 1.82) is 0 Å². The molecule has 15 heteroatoms. The van der Waals surface area contributed by atoms with E-state index in [4.69, 9.17) is 47.4 Å². The minimum atomic E-state index is -1.19. The van der Waals surface area contributed by atoms with Crippen LogP contribution in [0.4, 0.5) is 0 Å². The van der Waals surface area contributed by atoms with Crippen LogP contribution in [0.1, 0.15) is 55.4 Å². The summed E-state index contributed by atoms with van der Waals surface area (Å²) in [5, 5.41) is -1.28. The standard InChI is InChI=1S/C26H38O14S/c1-11(27)31-9-15-17(33-12(2)28)20(34-13(3)29)22(41-14(4)30)24(36-15)32-10-16-18-19(38-25(5,6)37-18)21-23(35-16)40-26(7,8)39-21/h15-24H,9-10H2,1-8H3/t15-,16-,17-,18+,19+,20+,21-,22-,23-,24-/m1/s1. The molecule has 232 valence electrons. The van der Waals surface area contributed by atoms with E-state index in [0.29, 0.717) is 0 Å². The van der Waals surface area contributed by atoms with Crippen LogP contribution in [0.3, 0.4) is 0 Å². The van der Waals surface area contributed by atoms with Gasteiger partial charge in [-0.2, -0.15) is 0 Å². The minimum Gasteiger partial charge on any atom is -0.463 e. The van der Waals surface area contributed by atoms with Crippen molar-refractivity contribution in [2.24, 2.45) is 0 Å². The second kappa shape index (κ2) is 12.4. The van der Waals surface area contributed by atoms with Gasteiger partial charge in [-0.3, -0.25) is 19.2 Å². The third-order valence-electron chi connectivity index (χ3n) is 6.62. The first-order valence-electron chi connectivity index (χ1n) is 13.3. The third-order valence-corrected chi connectivity index (χ3v) is 7.72. The van der Waals surface area contributed by atoms with Crippen molar-refractivity contribution in [3.05, 3.63) is 0 Å². The summed E-state index contributed by atoms with van der Waals surface area (Å²) in [4.78, 5) is 47.9. The van der Waals surface area contributed by atoms with E-state index in [1.807, 2.05) is 0 Å². The van der Waals surface area contributed by atoms with Gasteiger partial charge in [0.15, 0.2) is 41.5 Å². The second-order valence-corrected chi connectivity index (χ2v) is 12.5. The van der Waals surface area contributed by atoms with Gasteiger partial charge in [0.2, 0.25) is 0 Å². The van der Waals surface area contributed by atoms with Crippen molar-refractivity contribution in [2.45, 2.75) is 128 Å². The lowest BCUT2D eigenvalue weighted by atomic mass is 9.99. The molecule has 0 aromatic rings. The zero-order valence-corrected chi connectivity index (χ0v) is 25.1. The second-order valence-electron chi connectivity index (χ2n) is 11.1. The van der Waals surface area contributed by atoms with Gasteiger partial charge in [-0.1, -0.05) is 11.8 Å². The summed E-state index contributed by atoms with van der Waals surface area (Å²) in [6.45, 7) is 11.6. The Labute approximate surface area is 242 Å². The van der Waals surface area contributed by atoms with Gasteiger partial charge in [0.1, 0.15) is 42.4 Å². The van der Waals surface area contributed by atoms with Crippen molar-refractivity contribution in [3.63, 3.8) is 0 Å². The molecule has 0 amide bonds. The summed E-state index contributed by atoms with van der Waals surface area (Å²) in [6.07, 6.45) is -7.76. The molecule has 14 nitrogen and oxygen atoms in total. The van der Waals surface area contributed by atoms with Gasteiger partial charge < -0.3 is 47.4 Å². The minimum absolute atomic E-state index is 0.113. The molecule has 4 saturated heterocycles. The number of carbonyl (C=O) groups excluding carboxylic acids is 4. The molecule has 0 spiro atoms. The molecule has 4 aliphatic rings. The van der Waals surface area contributed by atoms with E-state index in [-0.39, 0.29) is 18.3 Å². The molecule has 0 aromatic heterocycles. The average Bonchev–Trinajstić information content (AvgIpc) is 3.32. The molecule has 0 aliphatic carbocycles. The molecule has 4 aliphatic heterocycles. The van der Waals surface area contributed by atoms with Gasteiger partial charge >= 0.3 is 17.9 Å². The normalized spacial score (nSPS) is 38.8. The van der Waals surface area contributed by atoms with Gasteiger partial charge in [-0.15, -0.1) is 0 Å². The highest BCUT2D eigenvalue weighted by Crippen LogP contribution is 2.44. The smallest absolute Gasteiger partial charge is 0.303 e. The number of thioether (sulfide) groups is 1. The van der Waals surface area contributed by atoms with E-state index in [1.54, 1.807) is 27.7 Å². The molecule has 4 fully saturated rings. The van der Waals surface area contributed by atoms with Crippen molar-refractivity contribution in [1.82, 2.24) is 0 Å². The molecule has 4 rings (SSSR count). The van der Waals surface area contributed by atoms with Crippen molar-refractivity contribution >= 4 is 34.8 Å². The number of esters is 3. The Kier molecular flexibility index (Phi) is 9.70. The topological polar surface area (TPSA) is 161 Å². The number of rotatable bonds is 8. The Morgan fingerprint density at radius 1 is 0.683 bits per heavy atom. The van der Waals surface area contributed by atoms with E-state index in [0.717, 1.165) is 11.8 Å². The fourth-order valence-electron chi connectivity index (χ4n) is 5.34. The summed E-state index contributed by atoms with van der Waals surface area (Å²) in [5.41, 5.74) is 0. The van der Waals surface area contributed by atoms with E-state index < -0.39 is 90.0 Å². The molecule has 41 heavy (non-hydrogen) atoms. The van der Waals surface area contributed by atoms with Gasteiger partial charge in [0, 0.05) is 27.7 Å². The Morgan fingerprint density at radius 3 is 1.88 bits per heavy atom. The molecule has 0 saturated carbocycles. The zero-order valence-electron chi connectivity index (χ0n) is 24.3. The molecule has 0 N–H and O–H groups in total. The number of carbonyl (C=O) groups is 4. The first-order chi connectivity index (χ1) is 19.0. The van der Waals surface area contributed by atoms with Crippen LogP contribution in [0.15, 0.2) is 0 Å². The first kappa shape index (κ1) is 32.1. The molecular weight excluding hydrogens is 568 g/mol. The predicted molar refractivity (Wildman–Crippen MR) is 137 cm³/mol. The molecular formula is C26H38O14S. The number of hydrogen-bond acceptors (Lipinski definition) is 15. The Morgan fingerprint density at radius 2 is 1.27 bits per heavy atom. The maximum atomic E-state index is 12.3. The summed E-state index contributed by atoms with van der Waals surface area (Å²) >= 11 is 0.805. The molecule has 10 atom stereocenters. The van der Waals surface area contributed by atoms with E-state index in [9.17, 15) is 19.2 Å². The highest BCUT2D eigenvalue weighted by atomic mass is 32.2. The Bertz CT molecular complexity index is 1020. The van der Waals surface area contributed by atoms with Crippen molar-refractivity contribution < 1.29 is 66.5 Å². The SMILES string of the molecule is CC(=O)OC[C@H]1O[C@@H](OC[C@H]2O[C@@H]3OC(C)(C)O[C@@H]3[C@H]3OC(C)(C)O[C@H]32)[C@H](SC(C)=O)[C@@H](OC(C)=O)[C@@H]1OC(C)=O. The quantitative estimate of drug-likeness (QED) is 0.286. The number of ether oxygens (including phenoxy) is 10. The highest BCUT2D eigenvalue weighted by Gasteiger charge is 2.61. The van der Waals surface area contributed by atoms with Gasteiger partial charge in [0.25, 0.3) is 0 Å². The van der Waals surface area contributed by atoms with Gasteiger partial charge in [0.05, 0.1) is 6.61 Å². The summed E-state index contributed by atoms with van der Waals surface area (Å²) in [6, 6.07) is 0. The Hall–Kier alpha value is -1.85. The molecule has 0 unspecified atom stereocenters. The number of hydrogen-bond donors (Lipinski definition) is 0. The fourth-order valence-corrected chi connectivity index (χ4v) is 6.32. The first-order valence-corrected chi connectivity index (χ1v) is 14.2. The van der Waals surface area contributed by atoms with Crippen LogP contribution in [0.5, 0.6) is 0 Å². The monoisotopic (exact) mass is 606 g/mol. The zero-order chi connectivity index (χ0) is 30.3. The van der Waals surface area contributed by atoms with E-state index in [2.05, 4.69) is 0 Å². The van der Waals surface area contributed by atoms with Crippen LogP contribution in [-0.4, -0.2) is 108 Å². The van der Waals surface area contributed by atoms with Gasteiger partial charge in [-0.05, 0) is 27.7 Å². The van der Waals surface area contributed by atoms with Crippen molar-refractivity contribution in [3.8, 4) is 0 Å². The lowest BCUT2D eigenvalue weighted by Crippen LogP contribution is -2.62. The lowest BCUT2D eigenvalue weighted by Gasteiger charge is -2.45. The highest BCUT2D eigenvalue weighted by molar-refractivity contribution is 8.14. The molecule has 4 heterocycles. The average molecular weight is 607 g/mol. The maximum absolute atomic E-state index is 12.3. The van der Waals surface area contributed by atoms with Crippen LogP contribution in [0.25, 0.3) is 0 Å². The molecule has 0 radical (unpaired) electrons. The molecule has 0 aromatic carbocycles. The number of fused-ring (bicyclic) bond motifs is 3. The molecule has 0 bridgehead atoms. The van der Waals surface area contributed by atoms with Crippen molar-refractivity contribution in [2.75, 3.05) is 13.2 Å². The van der Waals surface area contributed by atoms with Crippen LogP contribution >= 0.6 is 11.8 Å². The summed E-state index contributed by atoms with van der Waals surface area (Å²) < 4.78 is 58.9. The third kappa shape index (κ3) is 7.76. The van der Waals surface area contributed by atoms with E-state index >= 15 is 0 Å². The summed E-state index contributed by atoms with van der Waals surface area (Å²) in [5.74, 6) is -3.81. The van der Waals surface area contributed by atoms with Crippen LogP contribution in [-0.2, 0) is 66.5 Å². The van der Waals surface area contributed by atoms with Crippen LogP contribution in [0.2, 0.25) is 0 Å². The lowest BCUT2D eigenvalue weighted by molar-refractivity contribution is -0.285. The van der Waals surface area contributed by atoms with Crippen LogP contribution < -0.4 is 0 Å². The maximum Gasteiger partial charge on any atom is 0.303 e. The fraction of sp³-hybridized carbons (Fsp3) is 0.846.